The fourth-order valence-corrected chi connectivity index (χ4v) is 3.00. The molecule has 1 saturated carbocycles. The molecule has 1 fully saturated rings. The molecule has 1 heterocycles. The molecular formula is C16H22O4. The van der Waals surface area contributed by atoms with E-state index in [0.717, 1.165) is 30.8 Å². The highest BCUT2D eigenvalue weighted by atomic mass is 16.7. The maximum atomic E-state index is 10.1. The van der Waals surface area contributed by atoms with Gasteiger partial charge in [0.1, 0.15) is 11.9 Å². The van der Waals surface area contributed by atoms with Crippen LogP contribution in [-0.4, -0.2) is 24.1 Å². The van der Waals surface area contributed by atoms with Gasteiger partial charge in [-0.05, 0) is 43.2 Å². The number of fused-ring (bicyclic) bond motifs is 1. The summed E-state index contributed by atoms with van der Waals surface area (Å²) in [6, 6.07) is 5.57. The topological polar surface area (TPSA) is 47.9 Å². The van der Waals surface area contributed by atoms with Crippen LogP contribution < -0.4 is 14.2 Å². The lowest BCUT2D eigenvalue weighted by atomic mass is 9.79. The molecule has 1 N–H and O–H groups in total. The van der Waals surface area contributed by atoms with Crippen molar-refractivity contribution in [3.05, 3.63) is 18.2 Å². The van der Waals surface area contributed by atoms with Gasteiger partial charge in [0.05, 0.1) is 6.10 Å². The van der Waals surface area contributed by atoms with E-state index in [0.29, 0.717) is 17.6 Å². The van der Waals surface area contributed by atoms with Crippen molar-refractivity contribution in [3.8, 4) is 17.2 Å². The molecule has 0 spiro atoms. The molecule has 1 aliphatic heterocycles. The molecule has 0 amide bonds. The van der Waals surface area contributed by atoms with Gasteiger partial charge >= 0.3 is 0 Å². The summed E-state index contributed by atoms with van der Waals surface area (Å²) in [5.74, 6) is 3.46. The Morgan fingerprint density at radius 3 is 2.80 bits per heavy atom. The van der Waals surface area contributed by atoms with Gasteiger partial charge in [-0.2, -0.15) is 0 Å². The summed E-state index contributed by atoms with van der Waals surface area (Å²) in [4.78, 5) is 0. The first kappa shape index (κ1) is 13.6. The van der Waals surface area contributed by atoms with Crippen LogP contribution in [0.15, 0.2) is 18.2 Å². The van der Waals surface area contributed by atoms with Crippen molar-refractivity contribution in [2.45, 2.75) is 45.3 Å². The molecule has 4 nitrogen and oxygen atoms in total. The number of hydrogen-bond donors (Lipinski definition) is 1. The number of ether oxygens (including phenoxy) is 3. The smallest absolute Gasteiger partial charge is 0.231 e. The fraction of sp³-hybridized carbons (Fsp3) is 0.625. The van der Waals surface area contributed by atoms with Crippen molar-refractivity contribution >= 4 is 0 Å². The van der Waals surface area contributed by atoms with Crippen molar-refractivity contribution in [1.82, 2.24) is 0 Å². The molecule has 0 saturated heterocycles. The van der Waals surface area contributed by atoms with Gasteiger partial charge in [-0.1, -0.05) is 13.8 Å². The predicted octanol–water partition coefficient (Wildman–Crippen LogP) is 2.98. The lowest BCUT2D eigenvalue weighted by molar-refractivity contribution is -0.0177. The van der Waals surface area contributed by atoms with Gasteiger partial charge in [-0.25, -0.2) is 0 Å². The maximum Gasteiger partial charge on any atom is 0.231 e. The Bertz CT molecular complexity index is 472. The second-order valence-corrected chi connectivity index (χ2v) is 6.06. The van der Waals surface area contributed by atoms with Crippen LogP contribution in [0.1, 0.15) is 33.1 Å². The minimum absolute atomic E-state index is 0.128. The van der Waals surface area contributed by atoms with Gasteiger partial charge in [-0.3, -0.25) is 0 Å². The Morgan fingerprint density at radius 2 is 2.00 bits per heavy atom. The zero-order chi connectivity index (χ0) is 14.1. The Kier molecular flexibility index (Phi) is 3.74. The third-order valence-corrected chi connectivity index (χ3v) is 4.37. The Labute approximate surface area is 119 Å². The van der Waals surface area contributed by atoms with Crippen molar-refractivity contribution in [3.63, 3.8) is 0 Å². The first-order chi connectivity index (χ1) is 9.63. The average Bonchev–Trinajstić information content (AvgIpc) is 2.88. The predicted molar refractivity (Wildman–Crippen MR) is 75.2 cm³/mol. The van der Waals surface area contributed by atoms with Crippen LogP contribution in [0, 0.1) is 11.8 Å². The largest absolute Gasteiger partial charge is 0.488 e. The first-order valence-corrected chi connectivity index (χ1v) is 7.38. The standard InChI is InChI=1S/C16H22O4/c1-10(2)11-3-5-13(17)15(7-11)20-12-4-6-14-16(8-12)19-9-18-14/h4,6,8,10-11,13,15,17H,3,5,7,9H2,1-2H3. The normalized spacial score (nSPS) is 28.7. The van der Waals surface area contributed by atoms with Crippen LogP contribution in [0.5, 0.6) is 17.2 Å². The number of hydrogen-bond acceptors (Lipinski definition) is 4. The summed E-state index contributed by atoms with van der Waals surface area (Å²) in [6.07, 6.45) is 2.30. The van der Waals surface area contributed by atoms with Gasteiger partial charge in [0.15, 0.2) is 11.5 Å². The zero-order valence-corrected chi connectivity index (χ0v) is 12.0. The van der Waals surface area contributed by atoms with E-state index in [1.807, 2.05) is 18.2 Å². The summed E-state index contributed by atoms with van der Waals surface area (Å²) < 4.78 is 16.6. The van der Waals surface area contributed by atoms with Crippen LogP contribution in [-0.2, 0) is 0 Å². The molecule has 0 radical (unpaired) electrons. The van der Waals surface area contributed by atoms with E-state index in [1.54, 1.807) is 0 Å². The fourth-order valence-electron chi connectivity index (χ4n) is 3.00. The molecule has 2 aliphatic rings. The van der Waals surface area contributed by atoms with Gasteiger partial charge in [0, 0.05) is 6.07 Å². The Balaban J connectivity index is 1.69. The number of rotatable bonds is 3. The molecule has 1 aromatic rings. The SMILES string of the molecule is CC(C)C1CCC(O)C(Oc2ccc3c(c2)OCO3)C1. The van der Waals surface area contributed by atoms with Gasteiger partial charge in [-0.15, -0.1) is 0 Å². The minimum atomic E-state index is -0.379. The summed E-state index contributed by atoms with van der Waals surface area (Å²) in [7, 11) is 0. The van der Waals surface area contributed by atoms with Crippen LogP contribution in [0.3, 0.4) is 0 Å². The molecule has 0 bridgehead atoms. The number of aliphatic hydroxyl groups is 1. The van der Waals surface area contributed by atoms with Crippen LogP contribution in [0.2, 0.25) is 0 Å². The van der Waals surface area contributed by atoms with Crippen molar-refractivity contribution in [2.75, 3.05) is 6.79 Å². The highest BCUT2D eigenvalue weighted by Gasteiger charge is 2.32. The van der Waals surface area contributed by atoms with E-state index in [-0.39, 0.29) is 19.0 Å². The molecule has 1 aliphatic carbocycles. The second kappa shape index (κ2) is 5.52. The van der Waals surface area contributed by atoms with Gasteiger partial charge < -0.3 is 19.3 Å². The van der Waals surface area contributed by atoms with Crippen LogP contribution >= 0.6 is 0 Å². The summed E-state index contributed by atoms with van der Waals surface area (Å²) in [5.41, 5.74) is 0. The molecule has 3 unspecified atom stereocenters. The van der Waals surface area contributed by atoms with Crippen LogP contribution in [0.4, 0.5) is 0 Å². The summed E-state index contributed by atoms with van der Waals surface area (Å²) >= 11 is 0. The lowest BCUT2D eigenvalue weighted by Crippen LogP contribution is -2.39. The van der Waals surface area contributed by atoms with E-state index < -0.39 is 0 Å². The first-order valence-electron chi connectivity index (χ1n) is 7.38. The minimum Gasteiger partial charge on any atom is -0.488 e. The lowest BCUT2D eigenvalue weighted by Gasteiger charge is -2.35. The van der Waals surface area contributed by atoms with E-state index >= 15 is 0 Å². The highest BCUT2D eigenvalue weighted by molar-refractivity contribution is 5.46. The van der Waals surface area contributed by atoms with E-state index in [4.69, 9.17) is 14.2 Å². The third kappa shape index (κ3) is 2.70. The second-order valence-electron chi connectivity index (χ2n) is 6.06. The molecule has 4 heteroatoms. The number of benzene rings is 1. The molecule has 20 heavy (non-hydrogen) atoms. The molecular weight excluding hydrogens is 256 g/mol. The molecule has 1 aromatic carbocycles. The number of aliphatic hydroxyl groups excluding tert-OH is 1. The quantitative estimate of drug-likeness (QED) is 0.923. The Morgan fingerprint density at radius 1 is 1.20 bits per heavy atom. The average molecular weight is 278 g/mol. The van der Waals surface area contributed by atoms with Crippen molar-refractivity contribution in [1.29, 1.82) is 0 Å². The van der Waals surface area contributed by atoms with Crippen molar-refractivity contribution < 1.29 is 19.3 Å². The van der Waals surface area contributed by atoms with Crippen LogP contribution in [0.25, 0.3) is 0 Å². The molecule has 3 atom stereocenters. The van der Waals surface area contributed by atoms with Crippen molar-refractivity contribution in [2.24, 2.45) is 11.8 Å². The molecule has 3 rings (SSSR count). The third-order valence-electron chi connectivity index (χ3n) is 4.37. The summed E-state index contributed by atoms with van der Waals surface area (Å²) in [6.45, 7) is 4.74. The monoisotopic (exact) mass is 278 g/mol. The van der Waals surface area contributed by atoms with E-state index in [1.165, 1.54) is 0 Å². The molecule has 110 valence electrons. The van der Waals surface area contributed by atoms with Gasteiger partial charge in [0.2, 0.25) is 6.79 Å². The summed E-state index contributed by atoms with van der Waals surface area (Å²) in [5, 5.41) is 10.1. The van der Waals surface area contributed by atoms with E-state index in [9.17, 15) is 5.11 Å². The van der Waals surface area contributed by atoms with Gasteiger partial charge in [0.25, 0.3) is 0 Å². The Hall–Kier alpha value is -1.42. The van der Waals surface area contributed by atoms with E-state index in [2.05, 4.69) is 13.8 Å². The maximum absolute atomic E-state index is 10.1. The molecule has 0 aromatic heterocycles. The zero-order valence-electron chi connectivity index (χ0n) is 12.0. The highest BCUT2D eigenvalue weighted by Crippen LogP contribution is 2.37.